The molecule has 0 aliphatic carbocycles. The Morgan fingerprint density at radius 3 is 2.94 bits per heavy atom. The Balaban J connectivity index is 1.83. The van der Waals surface area contributed by atoms with Crippen molar-refractivity contribution in [2.45, 2.75) is 20.1 Å². The lowest BCUT2D eigenvalue weighted by Crippen LogP contribution is -1.95. The molecule has 0 unspecified atom stereocenters. The van der Waals surface area contributed by atoms with Crippen LogP contribution in [-0.2, 0) is 18.0 Å². The van der Waals surface area contributed by atoms with Crippen LogP contribution in [-0.4, -0.2) is 16.2 Å². The van der Waals surface area contributed by atoms with Crippen molar-refractivity contribution in [1.82, 2.24) is 5.16 Å². The molecular formula is C11H11NO4S. The fraction of sp³-hybridized carbons (Fsp3) is 0.273. The largest absolute Gasteiger partial charge is 0.476 e. The summed E-state index contributed by atoms with van der Waals surface area (Å²) in [7, 11) is 0. The minimum Gasteiger partial charge on any atom is -0.476 e. The molecule has 0 fully saturated rings. The van der Waals surface area contributed by atoms with Gasteiger partial charge in [0.15, 0.2) is 11.5 Å². The first-order chi connectivity index (χ1) is 8.15. The van der Waals surface area contributed by atoms with E-state index >= 15 is 0 Å². The summed E-state index contributed by atoms with van der Waals surface area (Å²) < 4.78 is 10.2. The zero-order chi connectivity index (χ0) is 12.3. The number of aryl methyl sites for hydroxylation is 1. The van der Waals surface area contributed by atoms with Crippen molar-refractivity contribution in [3.63, 3.8) is 0 Å². The highest BCUT2D eigenvalue weighted by molar-refractivity contribution is 7.10. The summed E-state index contributed by atoms with van der Waals surface area (Å²) >= 11 is 1.67. The zero-order valence-electron chi connectivity index (χ0n) is 9.17. The maximum Gasteiger partial charge on any atom is 0.358 e. The van der Waals surface area contributed by atoms with Crippen LogP contribution in [0.25, 0.3) is 0 Å². The van der Waals surface area contributed by atoms with E-state index in [1.807, 2.05) is 18.4 Å². The number of thiophene rings is 1. The predicted molar refractivity (Wildman–Crippen MR) is 61.0 cm³/mol. The van der Waals surface area contributed by atoms with Gasteiger partial charge in [0.05, 0.1) is 6.61 Å². The molecular weight excluding hydrogens is 242 g/mol. The lowest BCUT2D eigenvalue weighted by atomic mass is 10.3. The summed E-state index contributed by atoms with van der Waals surface area (Å²) in [5.41, 5.74) is 1.00. The van der Waals surface area contributed by atoms with Crippen LogP contribution in [0.4, 0.5) is 0 Å². The van der Waals surface area contributed by atoms with E-state index in [0.717, 1.165) is 5.56 Å². The quantitative estimate of drug-likeness (QED) is 0.886. The summed E-state index contributed by atoms with van der Waals surface area (Å²) in [6.45, 7) is 2.73. The third-order valence-electron chi connectivity index (χ3n) is 2.08. The molecule has 2 heterocycles. The summed E-state index contributed by atoms with van der Waals surface area (Å²) in [6.07, 6.45) is 0. The Hall–Kier alpha value is -1.66. The van der Waals surface area contributed by atoms with Crippen molar-refractivity contribution in [1.29, 1.82) is 0 Å². The van der Waals surface area contributed by atoms with E-state index in [4.69, 9.17) is 14.4 Å². The molecule has 0 atom stereocenters. The van der Waals surface area contributed by atoms with Gasteiger partial charge in [0.1, 0.15) is 6.61 Å². The van der Waals surface area contributed by atoms with Crippen LogP contribution >= 0.6 is 11.3 Å². The average Bonchev–Trinajstić information content (AvgIpc) is 2.88. The Morgan fingerprint density at radius 2 is 2.35 bits per heavy atom. The minimum absolute atomic E-state index is 0.102. The van der Waals surface area contributed by atoms with Gasteiger partial charge in [-0.1, -0.05) is 5.16 Å². The number of hydrogen-bond donors (Lipinski definition) is 1. The number of carboxylic acids is 1. The normalized spacial score (nSPS) is 10.6. The van der Waals surface area contributed by atoms with Gasteiger partial charge in [-0.05, 0) is 23.9 Å². The van der Waals surface area contributed by atoms with E-state index in [1.54, 1.807) is 11.3 Å². The Bertz CT molecular complexity index is 517. The number of aromatic nitrogens is 1. The SMILES string of the molecule is Cc1cc(COCc2cc(C(=O)O)no2)cs1. The van der Waals surface area contributed by atoms with E-state index in [9.17, 15) is 4.79 Å². The Labute approximate surface area is 102 Å². The second-order valence-electron chi connectivity index (χ2n) is 3.54. The lowest BCUT2D eigenvalue weighted by Gasteiger charge is -1.98. The number of hydrogen-bond acceptors (Lipinski definition) is 5. The first kappa shape index (κ1) is 11.8. The first-order valence-corrected chi connectivity index (χ1v) is 5.84. The molecule has 0 saturated heterocycles. The van der Waals surface area contributed by atoms with E-state index in [-0.39, 0.29) is 12.3 Å². The first-order valence-electron chi connectivity index (χ1n) is 4.96. The molecule has 5 nitrogen and oxygen atoms in total. The van der Waals surface area contributed by atoms with Crippen LogP contribution in [0.2, 0.25) is 0 Å². The second-order valence-corrected chi connectivity index (χ2v) is 4.66. The van der Waals surface area contributed by atoms with Gasteiger partial charge < -0.3 is 14.4 Å². The van der Waals surface area contributed by atoms with Crippen molar-refractivity contribution in [2.24, 2.45) is 0 Å². The van der Waals surface area contributed by atoms with Crippen molar-refractivity contribution < 1.29 is 19.2 Å². The zero-order valence-corrected chi connectivity index (χ0v) is 9.99. The molecule has 1 N–H and O–H groups in total. The van der Waals surface area contributed by atoms with E-state index in [1.165, 1.54) is 10.9 Å². The Morgan fingerprint density at radius 1 is 1.53 bits per heavy atom. The minimum atomic E-state index is -1.10. The maximum absolute atomic E-state index is 10.6. The molecule has 0 aliphatic rings. The van der Waals surface area contributed by atoms with Crippen LogP contribution in [0.1, 0.15) is 26.7 Å². The molecule has 2 aromatic rings. The van der Waals surface area contributed by atoms with Gasteiger partial charge in [0.2, 0.25) is 0 Å². The number of nitrogens with zero attached hydrogens (tertiary/aromatic N) is 1. The molecule has 0 spiro atoms. The van der Waals surface area contributed by atoms with Crippen molar-refractivity contribution >= 4 is 17.3 Å². The van der Waals surface area contributed by atoms with Gasteiger partial charge in [-0.3, -0.25) is 0 Å². The number of rotatable bonds is 5. The van der Waals surface area contributed by atoms with Gasteiger partial charge in [0, 0.05) is 10.9 Å². The highest BCUT2D eigenvalue weighted by atomic mass is 32.1. The van der Waals surface area contributed by atoms with Crippen molar-refractivity contribution in [3.05, 3.63) is 39.4 Å². The molecule has 0 aliphatic heterocycles. The van der Waals surface area contributed by atoms with Gasteiger partial charge in [0.25, 0.3) is 0 Å². The standard InChI is InChI=1S/C11H11NO4S/c1-7-2-8(6-17-7)4-15-5-9-3-10(11(13)14)12-16-9/h2-3,6H,4-5H2,1H3,(H,13,14). The summed E-state index contributed by atoms with van der Waals surface area (Å²) in [6, 6.07) is 3.41. The average molecular weight is 253 g/mol. The highest BCUT2D eigenvalue weighted by Gasteiger charge is 2.10. The van der Waals surface area contributed by atoms with Gasteiger partial charge in [-0.15, -0.1) is 11.3 Å². The molecule has 0 bridgehead atoms. The van der Waals surface area contributed by atoms with Crippen LogP contribution in [0.15, 0.2) is 22.0 Å². The second kappa shape index (κ2) is 5.11. The topological polar surface area (TPSA) is 72.6 Å². The molecule has 2 rings (SSSR count). The maximum atomic E-state index is 10.6. The van der Waals surface area contributed by atoms with E-state index in [2.05, 4.69) is 5.16 Å². The van der Waals surface area contributed by atoms with E-state index in [0.29, 0.717) is 12.4 Å². The third-order valence-corrected chi connectivity index (χ3v) is 2.99. The molecule has 0 saturated carbocycles. The van der Waals surface area contributed by atoms with Crippen molar-refractivity contribution in [3.8, 4) is 0 Å². The molecule has 6 heteroatoms. The van der Waals surface area contributed by atoms with Gasteiger partial charge in [-0.25, -0.2) is 4.79 Å². The monoisotopic (exact) mass is 253 g/mol. The number of aromatic carboxylic acids is 1. The van der Waals surface area contributed by atoms with Crippen molar-refractivity contribution in [2.75, 3.05) is 0 Å². The van der Waals surface area contributed by atoms with Crippen LogP contribution < -0.4 is 0 Å². The van der Waals surface area contributed by atoms with Crippen LogP contribution in [0.5, 0.6) is 0 Å². The van der Waals surface area contributed by atoms with E-state index < -0.39 is 5.97 Å². The van der Waals surface area contributed by atoms with Crippen LogP contribution in [0, 0.1) is 6.92 Å². The number of ether oxygens (including phenoxy) is 1. The van der Waals surface area contributed by atoms with Gasteiger partial charge >= 0.3 is 5.97 Å². The van der Waals surface area contributed by atoms with Crippen LogP contribution in [0.3, 0.4) is 0 Å². The third kappa shape index (κ3) is 3.15. The highest BCUT2D eigenvalue weighted by Crippen LogP contribution is 2.14. The summed E-state index contributed by atoms with van der Waals surface area (Å²) in [5.74, 6) is -0.692. The molecule has 17 heavy (non-hydrogen) atoms. The fourth-order valence-corrected chi connectivity index (χ4v) is 2.02. The summed E-state index contributed by atoms with van der Waals surface area (Å²) in [4.78, 5) is 11.8. The molecule has 0 radical (unpaired) electrons. The summed E-state index contributed by atoms with van der Waals surface area (Å²) in [5, 5.41) is 14.1. The lowest BCUT2D eigenvalue weighted by molar-refractivity contribution is 0.0683. The molecule has 2 aromatic heterocycles. The molecule has 90 valence electrons. The Kier molecular flexibility index (Phi) is 3.55. The fourth-order valence-electron chi connectivity index (χ4n) is 1.32. The number of carboxylic acid groups (broad SMARTS) is 1. The smallest absolute Gasteiger partial charge is 0.358 e. The number of carbonyl (C=O) groups is 1. The molecule has 0 amide bonds. The van der Waals surface area contributed by atoms with Gasteiger partial charge in [-0.2, -0.15) is 0 Å². The molecule has 0 aromatic carbocycles. The predicted octanol–water partition coefficient (Wildman–Crippen LogP) is 2.46.